The Labute approximate surface area is 126 Å². The molecule has 0 saturated heterocycles. The predicted molar refractivity (Wildman–Crippen MR) is 83.5 cm³/mol. The molecule has 2 unspecified atom stereocenters. The van der Waals surface area contributed by atoms with Gasteiger partial charge in [0.2, 0.25) is 10.0 Å². The molecule has 1 aromatic rings. The fourth-order valence-corrected chi connectivity index (χ4v) is 6.11. The second kappa shape index (κ2) is 6.13. The summed E-state index contributed by atoms with van der Waals surface area (Å²) >= 11 is 1.54. The molecular formula is C14H24N2O2S2. The Balaban J connectivity index is 2.31. The van der Waals surface area contributed by atoms with Gasteiger partial charge in [-0.2, -0.15) is 4.31 Å². The monoisotopic (exact) mass is 316 g/mol. The zero-order chi connectivity index (χ0) is 14.9. The van der Waals surface area contributed by atoms with Crippen molar-refractivity contribution in [2.24, 2.45) is 11.7 Å². The first kappa shape index (κ1) is 15.9. The molecule has 2 atom stereocenters. The standard InChI is InChI=1S/C14H24N2O2S2/c1-10-8-14(11(2)19-10)20(17,18)16(3)13-7-5-4-6-12(13)9-15/h8,12-13H,4-7,9,15H2,1-3H3. The van der Waals surface area contributed by atoms with E-state index in [1.807, 2.05) is 13.8 Å². The highest BCUT2D eigenvalue weighted by Crippen LogP contribution is 2.33. The molecule has 2 N–H and O–H groups in total. The molecule has 1 aliphatic carbocycles. The quantitative estimate of drug-likeness (QED) is 0.928. The number of hydrogen-bond acceptors (Lipinski definition) is 4. The van der Waals surface area contributed by atoms with Crippen LogP contribution in [-0.4, -0.2) is 32.4 Å². The summed E-state index contributed by atoms with van der Waals surface area (Å²) in [4.78, 5) is 2.37. The lowest BCUT2D eigenvalue weighted by atomic mass is 9.85. The van der Waals surface area contributed by atoms with Crippen LogP contribution in [0.1, 0.15) is 35.4 Å². The van der Waals surface area contributed by atoms with Crippen molar-refractivity contribution in [3.63, 3.8) is 0 Å². The lowest BCUT2D eigenvalue weighted by Gasteiger charge is -2.36. The van der Waals surface area contributed by atoms with Gasteiger partial charge in [-0.1, -0.05) is 12.8 Å². The van der Waals surface area contributed by atoms with Crippen molar-refractivity contribution < 1.29 is 8.42 Å². The highest BCUT2D eigenvalue weighted by Gasteiger charge is 2.35. The van der Waals surface area contributed by atoms with E-state index in [9.17, 15) is 8.42 Å². The Bertz CT molecular complexity index is 566. The van der Waals surface area contributed by atoms with Crippen LogP contribution in [0.2, 0.25) is 0 Å². The largest absolute Gasteiger partial charge is 0.330 e. The lowest BCUT2D eigenvalue weighted by molar-refractivity contribution is 0.204. The Morgan fingerprint density at radius 1 is 1.35 bits per heavy atom. The summed E-state index contributed by atoms with van der Waals surface area (Å²) in [7, 11) is -1.69. The zero-order valence-electron chi connectivity index (χ0n) is 12.4. The zero-order valence-corrected chi connectivity index (χ0v) is 14.1. The number of hydrogen-bond donors (Lipinski definition) is 1. The van der Waals surface area contributed by atoms with E-state index in [0.717, 1.165) is 35.4 Å². The third-order valence-corrected chi connectivity index (χ3v) is 7.40. The van der Waals surface area contributed by atoms with Gasteiger partial charge >= 0.3 is 0 Å². The first-order chi connectivity index (χ1) is 9.37. The summed E-state index contributed by atoms with van der Waals surface area (Å²) < 4.78 is 27.2. The maximum Gasteiger partial charge on any atom is 0.244 e. The third kappa shape index (κ3) is 2.93. The van der Waals surface area contributed by atoms with Gasteiger partial charge in [-0.25, -0.2) is 8.42 Å². The van der Waals surface area contributed by atoms with Crippen molar-refractivity contribution >= 4 is 21.4 Å². The molecule has 0 bridgehead atoms. The fraction of sp³-hybridized carbons (Fsp3) is 0.714. The van der Waals surface area contributed by atoms with Gasteiger partial charge < -0.3 is 5.73 Å². The van der Waals surface area contributed by atoms with Crippen molar-refractivity contribution in [3.8, 4) is 0 Å². The van der Waals surface area contributed by atoms with Crippen LogP contribution in [0.4, 0.5) is 0 Å². The Kier molecular flexibility index (Phi) is 4.89. The van der Waals surface area contributed by atoms with Gasteiger partial charge in [-0.15, -0.1) is 11.3 Å². The number of thiophene rings is 1. The maximum absolute atomic E-state index is 12.8. The fourth-order valence-electron chi connectivity index (χ4n) is 3.14. The minimum atomic E-state index is -3.40. The summed E-state index contributed by atoms with van der Waals surface area (Å²) in [5.41, 5.74) is 5.83. The van der Waals surface area contributed by atoms with Crippen LogP contribution in [0.5, 0.6) is 0 Å². The molecule has 1 aromatic heterocycles. The average Bonchev–Trinajstić information content (AvgIpc) is 2.77. The number of nitrogens with two attached hydrogens (primary N) is 1. The molecule has 0 radical (unpaired) electrons. The third-order valence-electron chi connectivity index (χ3n) is 4.29. The van der Waals surface area contributed by atoms with Crippen LogP contribution in [-0.2, 0) is 10.0 Å². The molecule has 0 aromatic carbocycles. The second-order valence-electron chi connectivity index (χ2n) is 5.65. The van der Waals surface area contributed by atoms with E-state index in [0.29, 0.717) is 11.4 Å². The number of nitrogens with zero attached hydrogens (tertiary/aromatic N) is 1. The molecule has 0 aliphatic heterocycles. The molecule has 0 amide bonds. The predicted octanol–water partition coefficient (Wildman–Crippen LogP) is 2.50. The van der Waals surface area contributed by atoms with Gasteiger partial charge in [-0.05, 0) is 45.2 Å². The molecule has 20 heavy (non-hydrogen) atoms. The summed E-state index contributed by atoms with van der Waals surface area (Å²) in [6.45, 7) is 4.38. The molecule has 0 spiro atoms. The van der Waals surface area contributed by atoms with Crippen LogP contribution < -0.4 is 5.73 Å². The van der Waals surface area contributed by atoms with Crippen molar-refractivity contribution in [2.75, 3.05) is 13.6 Å². The van der Waals surface area contributed by atoms with Gasteiger partial charge in [0.05, 0.1) is 4.90 Å². The summed E-state index contributed by atoms with van der Waals surface area (Å²) in [5.74, 6) is 0.281. The van der Waals surface area contributed by atoms with Gasteiger partial charge in [0.1, 0.15) is 0 Å². The van der Waals surface area contributed by atoms with Crippen molar-refractivity contribution in [3.05, 3.63) is 15.8 Å². The number of aryl methyl sites for hydroxylation is 2. The van der Waals surface area contributed by atoms with Crippen LogP contribution in [0, 0.1) is 19.8 Å². The second-order valence-corrected chi connectivity index (χ2v) is 9.07. The van der Waals surface area contributed by atoms with Crippen molar-refractivity contribution in [2.45, 2.75) is 50.5 Å². The van der Waals surface area contributed by atoms with E-state index >= 15 is 0 Å². The molecule has 114 valence electrons. The van der Waals surface area contributed by atoms with E-state index in [1.54, 1.807) is 17.4 Å². The molecule has 1 fully saturated rings. The van der Waals surface area contributed by atoms with Crippen molar-refractivity contribution in [1.29, 1.82) is 0 Å². The molecule has 1 aliphatic rings. The van der Waals surface area contributed by atoms with E-state index in [2.05, 4.69) is 0 Å². The van der Waals surface area contributed by atoms with Crippen LogP contribution in [0.25, 0.3) is 0 Å². The topological polar surface area (TPSA) is 63.4 Å². The van der Waals surface area contributed by atoms with E-state index in [1.165, 1.54) is 11.3 Å². The minimum absolute atomic E-state index is 0.0401. The molecule has 6 heteroatoms. The summed E-state index contributed by atoms with van der Waals surface area (Å²) in [6, 6.07) is 1.82. The van der Waals surface area contributed by atoms with Gasteiger partial charge in [-0.3, -0.25) is 0 Å². The summed E-state index contributed by atoms with van der Waals surface area (Å²) in [5, 5.41) is 0. The number of sulfonamides is 1. The van der Waals surface area contributed by atoms with Crippen LogP contribution >= 0.6 is 11.3 Å². The van der Waals surface area contributed by atoms with Crippen LogP contribution in [0.3, 0.4) is 0 Å². The van der Waals surface area contributed by atoms with Crippen LogP contribution in [0.15, 0.2) is 11.0 Å². The Morgan fingerprint density at radius 2 is 2.00 bits per heavy atom. The summed E-state index contributed by atoms with van der Waals surface area (Å²) in [6.07, 6.45) is 4.19. The van der Waals surface area contributed by atoms with E-state index < -0.39 is 10.0 Å². The Hall–Kier alpha value is -0.430. The SMILES string of the molecule is Cc1cc(S(=O)(=O)N(C)C2CCCCC2CN)c(C)s1. The lowest BCUT2D eigenvalue weighted by Crippen LogP contribution is -2.45. The van der Waals surface area contributed by atoms with Gasteiger partial charge in [0, 0.05) is 22.8 Å². The first-order valence-corrected chi connectivity index (χ1v) is 9.38. The van der Waals surface area contributed by atoms with E-state index in [-0.39, 0.29) is 12.0 Å². The van der Waals surface area contributed by atoms with E-state index in [4.69, 9.17) is 5.73 Å². The van der Waals surface area contributed by atoms with Crippen molar-refractivity contribution in [1.82, 2.24) is 4.31 Å². The molecular weight excluding hydrogens is 292 g/mol. The smallest absolute Gasteiger partial charge is 0.244 e. The maximum atomic E-state index is 12.8. The first-order valence-electron chi connectivity index (χ1n) is 7.13. The molecule has 1 heterocycles. The highest BCUT2D eigenvalue weighted by atomic mass is 32.2. The van der Waals surface area contributed by atoms with Gasteiger partial charge in [0.15, 0.2) is 0 Å². The highest BCUT2D eigenvalue weighted by molar-refractivity contribution is 7.89. The molecule has 4 nitrogen and oxygen atoms in total. The van der Waals surface area contributed by atoms with Gasteiger partial charge in [0.25, 0.3) is 0 Å². The molecule has 2 rings (SSSR count). The number of rotatable bonds is 4. The normalized spacial score (nSPS) is 24.2. The minimum Gasteiger partial charge on any atom is -0.330 e. The average molecular weight is 316 g/mol. The Morgan fingerprint density at radius 3 is 2.55 bits per heavy atom. The molecule has 1 saturated carbocycles.